The highest BCUT2D eigenvalue weighted by Crippen LogP contribution is 2.34. The van der Waals surface area contributed by atoms with E-state index in [2.05, 4.69) is 5.32 Å². The Morgan fingerprint density at radius 1 is 1.08 bits per heavy atom. The lowest BCUT2D eigenvalue weighted by Crippen LogP contribution is -2.26. The van der Waals surface area contributed by atoms with Gasteiger partial charge >= 0.3 is 0 Å². The molecule has 0 radical (unpaired) electrons. The predicted molar refractivity (Wildman–Crippen MR) is 101 cm³/mol. The Bertz CT molecular complexity index is 742. The van der Waals surface area contributed by atoms with E-state index < -0.39 is 5.82 Å². The molecule has 0 heterocycles. The molecule has 25 heavy (non-hydrogen) atoms. The first-order valence-electron chi connectivity index (χ1n) is 7.52. The first-order chi connectivity index (χ1) is 12.0. The average molecular weight is 459 g/mol. The lowest BCUT2D eigenvalue weighted by atomic mass is 10.1. The van der Waals surface area contributed by atoms with Crippen molar-refractivity contribution in [3.05, 3.63) is 50.8 Å². The third-order valence-corrected chi connectivity index (χ3v) is 4.59. The van der Waals surface area contributed by atoms with Crippen molar-refractivity contribution in [1.29, 1.82) is 0 Å². The van der Waals surface area contributed by atoms with Gasteiger partial charge < -0.3 is 19.5 Å². The van der Waals surface area contributed by atoms with Crippen LogP contribution in [-0.4, -0.2) is 33.8 Å². The Morgan fingerprint density at radius 2 is 1.72 bits per heavy atom. The zero-order valence-corrected chi connectivity index (χ0v) is 16.3. The van der Waals surface area contributed by atoms with Crippen molar-refractivity contribution in [2.24, 2.45) is 0 Å². The van der Waals surface area contributed by atoms with Crippen LogP contribution in [0.1, 0.15) is 15.9 Å². The van der Waals surface area contributed by atoms with Crippen LogP contribution in [0.15, 0.2) is 30.3 Å². The quantitative estimate of drug-likeness (QED) is 0.645. The van der Waals surface area contributed by atoms with E-state index in [1.54, 1.807) is 39.5 Å². The Kier molecular flexibility index (Phi) is 6.86. The molecule has 1 amide bonds. The predicted octanol–water partition coefficient (Wildman–Crippen LogP) is 3.43. The molecule has 2 aromatic carbocycles. The summed E-state index contributed by atoms with van der Waals surface area (Å²) in [5.74, 6) is 1.09. The lowest BCUT2D eigenvalue weighted by Gasteiger charge is -2.15. The fourth-order valence-electron chi connectivity index (χ4n) is 2.39. The number of methoxy groups -OCH3 is 3. The van der Waals surface area contributed by atoms with Crippen LogP contribution in [0.2, 0.25) is 0 Å². The van der Waals surface area contributed by atoms with Crippen LogP contribution in [-0.2, 0) is 6.42 Å². The van der Waals surface area contributed by atoms with Crippen LogP contribution in [0.5, 0.6) is 17.2 Å². The zero-order valence-electron chi connectivity index (χ0n) is 14.2. The summed E-state index contributed by atoms with van der Waals surface area (Å²) < 4.78 is 30.0. The molecule has 0 saturated heterocycles. The van der Waals surface area contributed by atoms with Gasteiger partial charge in [0.05, 0.1) is 26.9 Å². The van der Waals surface area contributed by atoms with Gasteiger partial charge in [-0.25, -0.2) is 4.39 Å². The first kappa shape index (κ1) is 19.3. The number of nitrogens with one attached hydrogen (secondary N) is 1. The second-order valence-electron chi connectivity index (χ2n) is 5.14. The molecular weight excluding hydrogens is 440 g/mol. The number of hydrogen-bond donors (Lipinski definition) is 1. The molecule has 0 spiro atoms. The molecule has 0 saturated carbocycles. The highest BCUT2D eigenvalue weighted by molar-refractivity contribution is 14.1. The number of halogens is 2. The molecule has 0 aliphatic rings. The summed E-state index contributed by atoms with van der Waals surface area (Å²) in [5.41, 5.74) is 1.13. The number of carbonyl (C=O) groups excluding carboxylic acids is 1. The van der Waals surface area contributed by atoms with Crippen molar-refractivity contribution in [3.63, 3.8) is 0 Å². The van der Waals surface area contributed by atoms with Crippen LogP contribution in [0, 0.1) is 9.39 Å². The van der Waals surface area contributed by atoms with Gasteiger partial charge in [-0.1, -0.05) is 0 Å². The molecule has 1 N–H and O–H groups in total. The molecule has 7 heteroatoms. The highest BCUT2D eigenvalue weighted by atomic mass is 127. The normalized spacial score (nSPS) is 10.3. The molecule has 2 rings (SSSR count). The van der Waals surface area contributed by atoms with Crippen molar-refractivity contribution in [2.45, 2.75) is 6.42 Å². The summed E-state index contributed by atoms with van der Waals surface area (Å²) in [5, 5.41) is 2.79. The van der Waals surface area contributed by atoms with Crippen LogP contribution in [0.3, 0.4) is 0 Å². The van der Waals surface area contributed by atoms with Crippen LogP contribution in [0.4, 0.5) is 4.39 Å². The van der Waals surface area contributed by atoms with Gasteiger partial charge in [0.2, 0.25) is 0 Å². The van der Waals surface area contributed by atoms with E-state index in [0.29, 0.717) is 39.3 Å². The smallest absolute Gasteiger partial charge is 0.252 e. The van der Waals surface area contributed by atoms with E-state index in [4.69, 9.17) is 14.2 Å². The summed E-state index contributed by atoms with van der Waals surface area (Å²) in [6.07, 6.45) is 0.494. The fourth-order valence-corrected chi connectivity index (χ4v) is 2.97. The number of benzene rings is 2. The van der Waals surface area contributed by atoms with Crippen LogP contribution < -0.4 is 19.5 Å². The van der Waals surface area contributed by atoms with E-state index in [-0.39, 0.29) is 5.91 Å². The minimum Gasteiger partial charge on any atom is -0.496 e. The first-order valence-corrected chi connectivity index (χ1v) is 8.60. The fraction of sp³-hybridized carbons (Fsp3) is 0.278. The summed E-state index contributed by atoms with van der Waals surface area (Å²) in [6.45, 7) is 0.352. The minimum absolute atomic E-state index is 0.314. The molecule has 0 aromatic heterocycles. The molecule has 0 bridgehead atoms. The maximum absolute atomic E-state index is 13.3. The Hall–Kier alpha value is -2.03. The van der Waals surface area contributed by atoms with E-state index in [9.17, 15) is 9.18 Å². The third-order valence-electron chi connectivity index (χ3n) is 3.65. The molecule has 5 nitrogen and oxygen atoms in total. The van der Waals surface area contributed by atoms with Crippen molar-refractivity contribution in [3.8, 4) is 17.2 Å². The summed E-state index contributed by atoms with van der Waals surface area (Å²) in [6, 6.07) is 7.64. The monoisotopic (exact) mass is 459 g/mol. The molecular formula is C18H19FINO4. The van der Waals surface area contributed by atoms with Gasteiger partial charge in [0, 0.05) is 27.8 Å². The maximum Gasteiger partial charge on any atom is 0.252 e. The van der Waals surface area contributed by atoms with Gasteiger partial charge in [0.25, 0.3) is 5.91 Å². The molecule has 0 unspecified atom stereocenters. The van der Waals surface area contributed by atoms with Crippen molar-refractivity contribution >= 4 is 28.5 Å². The third kappa shape index (κ3) is 4.75. The maximum atomic E-state index is 13.3. The number of amides is 1. The molecule has 0 aliphatic carbocycles. The Balaban J connectivity index is 2.11. The molecule has 134 valence electrons. The summed E-state index contributed by atoms with van der Waals surface area (Å²) in [7, 11) is 4.69. The zero-order chi connectivity index (χ0) is 18.4. The van der Waals surface area contributed by atoms with E-state index >= 15 is 0 Å². The molecule has 0 atom stereocenters. The van der Waals surface area contributed by atoms with Crippen molar-refractivity contribution < 1.29 is 23.4 Å². The number of carbonyl (C=O) groups is 1. The van der Waals surface area contributed by atoms with E-state index in [1.165, 1.54) is 12.1 Å². The van der Waals surface area contributed by atoms with Gasteiger partial charge in [-0.2, -0.15) is 0 Å². The van der Waals surface area contributed by atoms with Crippen LogP contribution in [0.25, 0.3) is 0 Å². The van der Waals surface area contributed by atoms with Crippen molar-refractivity contribution in [1.82, 2.24) is 5.32 Å². The summed E-state index contributed by atoms with van der Waals surface area (Å²) >= 11 is 2.00. The Morgan fingerprint density at radius 3 is 2.28 bits per heavy atom. The van der Waals surface area contributed by atoms with E-state index in [0.717, 1.165) is 5.56 Å². The van der Waals surface area contributed by atoms with Crippen molar-refractivity contribution in [2.75, 3.05) is 27.9 Å². The van der Waals surface area contributed by atoms with Gasteiger partial charge in [-0.15, -0.1) is 0 Å². The highest BCUT2D eigenvalue weighted by Gasteiger charge is 2.15. The topological polar surface area (TPSA) is 56.8 Å². The number of hydrogen-bond acceptors (Lipinski definition) is 4. The second-order valence-corrected chi connectivity index (χ2v) is 6.30. The Labute approximate surface area is 159 Å². The average Bonchev–Trinajstić information content (AvgIpc) is 2.63. The second kappa shape index (κ2) is 8.89. The van der Waals surface area contributed by atoms with Gasteiger partial charge in [-0.05, 0) is 47.2 Å². The molecule has 0 aliphatic heterocycles. The van der Waals surface area contributed by atoms with Gasteiger partial charge in [-0.3, -0.25) is 4.79 Å². The lowest BCUT2D eigenvalue weighted by molar-refractivity contribution is 0.0952. The van der Waals surface area contributed by atoms with E-state index in [1.807, 2.05) is 22.6 Å². The van der Waals surface area contributed by atoms with Gasteiger partial charge in [0.15, 0.2) is 0 Å². The number of ether oxygens (including phenoxy) is 3. The molecule has 0 fully saturated rings. The largest absolute Gasteiger partial charge is 0.496 e. The number of rotatable bonds is 7. The standard InChI is InChI=1S/C18H19FINO4/c1-23-12-9-16(24-2)13(17(10-12)25-3)6-7-21-18(22)14-8-11(19)4-5-15(14)20/h4-5,8-10H,6-7H2,1-3H3,(H,21,22). The SMILES string of the molecule is COc1cc(OC)c(CCNC(=O)c2cc(F)ccc2I)c(OC)c1. The van der Waals surface area contributed by atoms with Crippen LogP contribution >= 0.6 is 22.6 Å². The molecule has 2 aromatic rings. The van der Waals surface area contributed by atoms with Gasteiger partial charge in [0.1, 0.15) is 23.1 Å². The minimum atomic E-state index is -0.441. The summed E-state index contributed by atoms with van der Waals surface area (Å²) in [4.78, 5) is 12.3.